The normalized spacial score (nSPS) is 27.4. The first-order valence-corrected chi connectivity index (χ1v) is 8.38. The fourth-order valence-electron chi connectivity index (χ4n) is 3.29. The fraction of sp³-hybridized carbons (Fsp3) is 0.647. The Morgan fingerprint density at radius 1 is 1.30 bits per heavy atom. The second kappa shape index (κ2) is 6.07. The number of benzene rings is 1. The van der Waals surface area contributed by atoms with E-state index in [1.165, 1.54) is 18.5 Å². The van der Waals surface area contributed by atoms with Gasteiger partial charge in [-0.1, -0.05) is 42.8 Å². The molecule has 112 valence electrons. The highest BCUT2D eigenvalue weighted by molar-refractivity contribution is 9.10. The molecular formula is C17H27BrN2. The Labute approximate surface area is 131 Å². The third kappa shape index (κ3) is 3.76. The summed E-state index contributed by atoms with van der Waals surface area (Å²) in [4.78, 5) is 0. The molecule has 20 heavy (non-hydrogen) atoms. The average molecular weight is 339 g/mol. The van der Waals surface area contributed by atoms with Crippen molar-refractivity contribution in [2.75, 3.05) is 11.9 Å². The molecule has 0 aromatic heterocycles. The van der Waals surface area contributed by atoms with E-state index in [-0.39, 0.29) is 5.54 Å². The predicted molar refractivity (Wildman–Crippen MR) is 91.0 cm³/mol. The Bertz CT molecular complexity index is 443. The van der Waals surface area contributed by atoms with Crippen molar-refractivity contribution in [3.63, 3.8) is 0 Å². The Morgan fingerprint density at radius 3 is 2.45 bits per heavy atom. The summed E-state index contributed by atoms with van der Waals surface area (Å²) in [6, 6.07) is 8.37. The molecule has 1 aliphatic carbocycles. The number of hydrogen-bond acceptors (Lipinski definition) is 2. The topological polar surface area (TPSA) is 38.0 Å². The first kappa shape index (κ1) is 15.8. The van der Waals surface area contributed by atoms with Gasteiger partial charge in [0.2, 0.25) is 0 Å². The number of hydrogen-bond donors (Lipinski definition) is 2. The van der Waals surface area contributed by atoms with Crippen LogP contribution in [-0.4, -0.2) is 12.1 Å². The van der Waals surface area contributed by atoms with Crippen LogP contribution in [0.3, 0.4) is 0 Å². The van der Waals surface area contributed by atoms with E-state index >= 15 is 0 Å². The van der Waals surface area contributed by atoms with Gasteiger partial charge in [-0.2, -0.15) is 0 Å². The van der Waals surface area contributed by atoms with Gasteiger partial charge in [-0.3, -0.25) is 0 Å². The van der Waals surface area contributed by atoms with Crippen molar-refractivity contribution in [3.05, 3.63) is 28.7 Å². The monoisotopic (exact) mass is 338 g/mol. The first-order valence-electron chi connectivity index (χ1n) is 7.58. The standard InChI is InChI=1S/C17H27BrN2/c1-16(2,3)13-7-9-17(12-19,10-8-13)20-15-6-4-5-14(18)11-15/h4-6,11,13,20H,7-10,12,19H2,1-3H3. The highest BCUT2D eigenvalue weighted by Crippen LogP contribution is 2.42. The van der Waals surface area contributed by atoms with E-state index in [9.17, 15) is 0 Å². The lowest BCUT2D eigenvalue weighted by atomic mass is 9.67. The minimum atomic E-state index is 0.0720. The summed E-state index contributed by atoms with van der Waals surface area (Å²) >= 11 is 3.53. The van der Waals surface area contributed by atoms with E-state index < -0.39 is 0 Å². The van der Waals surface area contributed by atoms with Crippen LogP contribution in [0.1, 0.15) is 46.5 Å². The summed E-state index contributed by atoms with van der Waals surface area (Å²) in [6.45, 7) is 7.77. The second-order valence-corrected chi connectivity index (χ2v) is 8.18. The lowest BCUT2D eigenvalue weighted by Crippen LogP contribution is -2.49. The molecule has 1 aromatic rings. The van der Waals surface area contributed by atoms with Gasteiger partial charge in [-0.25, -0.2) is 0 Å². The van der Waals surface area contributed by atoms with Crippen LogP contribution in [0.15, 0.2) is 28.7 Å². The van der Waals surface area contributed by atoms with Crippen LogP contribution < -0.4 is 11.1 Å². The molecule has 0 spiro atoms. The maximum Gasteiger partial charge on any atom is 0.0495 e. The maximum atomic E-state index is 6.10. The number of rotatable bonds is 3. The molecule has 0 amide bonds. The molecule has 3 heteroatoms. The third-order valence-corrected chi connectivity index (χ3v) is 5.29. The zero-order valence-electron chi connectivity index (χ0n) is 12.9. The van der Waals surface area contributed by atoms with E-state index in [1.54, 1.807) is 0 Å². The summed E-state index contributed by atoms with van der Waals surface area (Å²) in [5, 5.41) is 3.70. The molecule has 0 radical (unpaired) electrons. The van der Waals surface area contributed by atoms with Gasteiger partial charge >= 0.3 is 0 Å². The molecule has 0 unspecified atom stereocenters. The second-order valence-electron chi connectivity index (χ2n) is 7.26. The van der Waals surface area contributed by atoms with Crippen molar-refractivity contribution in [1.29, 1.82) is 0 Å². The largest absolute Gasteiger partial charge is 0.378 e. The highest BCUT2D eigenvalue weighted by atomic mass is 79.9. The Morgan fingerprint density at radius 2 is 1.95 bits per heavy atom. The molecule has 0 saturated heterocycles. The van der Waals surface area contributed by atoms with Crippen molar-refractivity contribution in [2.45, 2.75) is 52.0 Å². The molecule has 2 nitrogen and oxygen atoms in total. The Kier molecular flexibility index (Phi) is 4.80. The minimum absolute atomic E-state index is 0.0720. The molecule has 1 saturated carbocycles. The van der Waals surface area contributed by atoms with Gasteiger partial charge in [0.25, 0.3) is 0 Å². The Hall–Kier alpha value is -0.540. The molecule has 0 aliphatic heterocycles. The van der Waals surface area contributed by atoms with Crippen LogP contribution in [0.2, 0.25) is 0 Å². The SMILES string of the molecule is CC(C)(C)C1CCC(CN)(Nc2cccc(Br)c2)CC1. The van der Waals surface area contributed by atoms with Gasteiger partial charge in [-0.15, -0.1) is 0 Å². The molecule has 0 atom stereocenters. The first-order chi connectivity index (χ1) is 9.35. The van der Waals surface area contributed by atoms with Crippen molar-refractivity contribution in [1.82, 2.24) is 0 Å². The summed E-state index contributed by atoms with van der Waals surface area (Å²) in [7, 11) is 0. The Balaban J connectivity index is 2.05. The zero-order chi connectivity index (χ0) is 14.8. The molecule has 1 aromatic carbocycles. The third-order valence-electron chi connectivity index (χ3n) is 4.79. The number of halogens is 1. The molecular weight excluding hydrogens is 312 g/mol. The fourth-order valence-corrected chi connectivity index (χ4v) is 3.69. The number of anilines is 1. The maximum absolute atomic E-state index is 6.10. The van der Waals surface area contributed by atoms with Gasteiger partial charge in [-0.05, 0) is 55.2 Å². The van der Waals surface area contributed by atoms with Crippen LogP contribution in [0.5, 0.6) is 0 Å². The molecule has 0 heterocycles. The van der Waals surface area contributed by atoms with E-state index in [4.69, 9.17) is 5.73 Å². The highest BCUT2D eigenvalue weighted by Gasteiger charge is 2.37. The van der Waals surface area contributed by atoms with E-state index in [1.807, 2.05) is 0 Å². The van der Waals surface area contributed by atoms with Gasteiger partial charge < -0.3 is 11.1 Å². The van der Waals surface area contributed by atoms with Crippen molar-refractivity contribution in [2.24, 2.45) is 17.1 Å². The van der Waals surface area contributed by atoms with Crippen molar-refractivity contribution < 1.29 is 0 Å². The lowest BCUT2D eigenvalue weighted by Gasteiger charge is -2.44. The smallest absolute Gasteiger partial charge is 0.0495 e. The summed E-state index contributed by atoms with van der Waals surface area (Å²) in [5.41, 5.74) is 7.76. The van der Waals surface area contributed by atoms with Crippen molar-refractivity contribution >= 4 is 21.6 Å². The lowest BCUT2D eigenvalue weighted by molar-refractivity contribution is 0.145. The molecule has 2 rings (SSSR count). The molecule has 1 aliphatic rings. The molecule has 1 fully saturated rings. The quantitative estimate of drug-likeness (QED) is 0.830. The summed E-state index contributed by atoms with van der Waals surface area (Å²) < 4.78 is 1.11. The van der Waals surface area contributed by atoms with E-state index in [2.05, 4.69) is 66.3 Å². The van der Waals surface area contributed by atoms with Crippen LogP contribution in [0.25, 0.3) is 0 Å². The molecule has 3 N–H and O–H groups in total. The van der Waals surface area contributed by atoms with Gasteiger partial charge in [0.15, 0.2) is 0 Å². The van der Waals surface area contributed by atoms with Gasteiger partial charge in [0.1, 0.15) is 0 Å². The molecule has 0 bridgehead atoms. The minimum Gasteiger partial charge on any atom is -0.378 e. The van der Waals surface area contributed by atoms with Gasteiger partial charge in [0, 0.05) is 22.2 Å². The number of nitrogens with two attached hydrogens (primary N) is 1. The van der Waals surface area contributed by atoms with Crippen LogP contribution >= 0.6 is 15.9 Å². The van der Waals surface area contributed by atoms with Crippen molar-refractivity contribution in [3.8, 4) is 0 Å². The van der Waals surface area contributed by atoms with Crippen LogP contribution in [-0.2, 0) is 0 Å². The van der Waals surface area contributed by atoms with Crippen LogP contribution in [0.4, 0.5) is 5.69 Å². The van der Waals surface area contributed by atoms with E-state index in [0.717, 1.165) is 23.2 Å². The zero-order valence-corrected chi connectivity index (χ0v) is 14.5. The van der Waals surface area contributed by atoms with Gasteiger partial charge in [0.05, 0.1) is 0 Å². The average Bonchev–Trinajstić information content (AvgIpc) is 2.38. The van der Waals surface area contributed by atoms with E-state index in [0.29, 0.717) is 12.0 Å². The predicted octanol–water partition coefficient (Wildman–Crippen LogP) is 4.79. The summed E-state index contributed by atoms with van der Waals surface area (Å²) in [5.74, 6) is 0.812. The number of nitrogens with one attached hydrogen (secondary N) is 1. The summed E-state index contributed by atoms with van der Waals surface area (Å²) in [6.07, 6.45) is 4.86. The van der Waals surface area contributed by atoms with Crippen LogP contribution in [0, 0.1) is 11.3 Å².